The number of hydrogen-bond donors (Lipinski definition) is 1. The average Bonchev–Trinajstić information content (AvgIpc) is 2.49. The molecule has 2 heteroatoms. The monoisotopic (exact) mass is 272 g/mol. The highest BCUT2D eigenvalue weighted by Gasteiger charge is 2.18. The van der Waals surface area contributed by atoms with Crippen molar-refractivity contribution in [2.24, 2.45) is 5.92 Å². The van der Waals surface area contributed by atoms with Gasteiger partial charge in [-0.2, -0.15) is 0 Å². The Bertz CT molecular complexity index is 433. The Balaban J connectivity index is 1.56. The third-order valence-electron chi connectivity index (χ3n) is 4.97. The van der Waals surface area contributed by atoms with E-state index in [9.17, 15) is 0 Å². The topological polar surface area (TPSA) is 15.3 Å². The van der Waals surface area contributed by atoms with Crippen LogP contribution >= 0.6 is 0 Å². The maximum Gasteiger partial charge on any atom is 0.0233 e. The number of fused-ring (bicyclic) bond motifs is 1. The highest BCUT2D eigenvalue weighted by atomic mass is 15.1. The smallest absolute Gasteiger partial charge is 0.0233 e. The van der Waals surface area contributed by atoms with E-state index in [0.29, 0.717) is 0 Å². The molecule has 0 unspecified atom stereocenters. The number of benzene rings is 1. The minimum Gasteiger partial charge on any atom is -0.312 e. The van der Waals surface area contributed by atoms with Gasteiger partial charge in [0.05, 0.1) is 0 Å². The second-order valence-electron chi connectivity index (χ2n) is 6.54. The Morgan fingerprint density at radius 3 is 2.85 bits per heavy atom. The van der Waals surface area contributed by atoms with E-state index in [0.717, 1.165) is 25.6 Å². The SMILES string of the molecule is CCCC1CCN(Cc2ccc3c(c2)CNCC3)CC1. The molecule has 1 fully saturated rings. The van der Waals surface area contributed by atoms with E-state index in [2.05, 4.69) is 35.3 Å². The molecule has 0 aromatic heterocycles. The number of hydrogen-bond acceptors (Lipinski definition) is 2. The second-order valence-corrected chi connectivity index (χ2v) is 6.54. The van der Waals surface area contributed by atoms with E-state index in [-0.39, 0.29) is 0 Å². The van der Waals surface area contributed by atoms with Gasteiger partial charge in [-0.15, -0.1) is 0 Å². The molecule has 0 spiro atoms. The summed E-state index contributed by atoms with van der Waals surface area (Å²) < 4.78 is 0. The second kappa shape index (κ2) is 6.73. The Morgan fingerprint density at radius 2 is 2.05 bits per heavy atom. The Morgan fingerprint density at radius 1 is 1.20 bits per heavy atom. The van der Waals surface area contributed by atoms with E-state index in [1.807, 2.05) is 0 Å². The quantitative estimate of drug-likeness (QED) is 0.904. The molecule has 110 valence electrons. The summed E-state index contributed by atoms with van der Waals surface area (Å²) in [4.78, 5) is 2.64. The summed E-state index contributed by atoms with van der Waals surface area (Å²) >= 11 is 0. The molecular formula is C18H28N2. The van der Waals surface area contributed by atoms with Crippen LogP contribution in [0, 0.1) is 5.92 Å². The van der Waals surface area contributed by atoms with Gasteiger partial charge in [0.15, 0.2) is 0 Å². The molecule has 0 atom stereocenters. The van der Waals surface area contributed by atoms with E-state index < -0.39 is 0 Å². The molecule has 2 nitrogen and oxygen atoms in total. The average molecular weight is 272 g/mol. The third kappa shape index (κ3) is 3.42. The summed E-state index contributed by atoms with van der Waals surface area (Å²) in [6.07, 6.45) is 6.78. The first kappa shape index (κ1) is 14.1. The zero-order valence-electron chi connectivity index (χ0n) is 12.8. The van der Waals surface area contributed by atoms with Crippen molar-refractivity contribution >= 4 is 0 Å². The fourth-order valence-electron chi connectivity index (χ4n) is 3.73. The summed E-state index contributed by atoms with van der Waals surface area (Å²) in [6.45, 7) is 8.23. The molecule has 3 rings (SSSR count). The van der Waals surface area contributed by atoms with Crippen LogP contribution in [0.15, 0.2) is 18.2 Å². The van der Waals surface area contributed by atoms with Crippen LogP contribution in [0.1, 0.15) is 49.3 Å². The van der Waals surface area contributed by atoms with Crippen LogP contribution in [0.25, 0.3) is 0 Å². The highest BCUT2D eigenvalue weighted by Crippen LogP contribution is 2.23. The fraction of sp³-hybridized carbons (Fsp3) is 0.667. The molecule has 0 bridgehead atoms. The summed E-state index contributed by atoms with van der Waals surface area (Å²) in [5, 5.41) is 3.48. The van der Waals surface area contributed by atoms with Gasteiger partial charge in [0.25, 0.3) is 0 Å². The van der Waals surface area contributed by atoms with E-state index >= 15 is 0 Å². The summed E-state index contributed by atoms with van der Waals surface area (Å²) in [6, 6.07) is 7.14. The van der Waals surface area contributed by atoms with Crippen molar-refractivity contribution in [1.29, 1.82) is 0 Å². The minimum absolute atomic E-state index is 0.990. The lowest BCUT2D eigenvalue weighted by atomic mass is 9.92. The van der Waals surface area contributed by atoms with Crippen LogP contribution in [0.5, 0.6) is 0 Å². The summed E-state index contributed by atoms with van der Waals surface area (Å²) in [5.41, 5.74) is 4.57. The molecule has 2 aliphatic heterocycles. The Kier molecular flexibility index (Phi) is 4.74. The molecule has 0 radical (unpaired) electrons. The van der Waals surface area contributed by atoms with Crippen molar-refractivity contribution in [2.45, 2.75) is 52.1 Å². The molecule has 1 aromatic rings. The van der Waals surface area contributed by atoms with Crippen LogP contribution in [-0.4, -0.2) is 24.5 Å². The molecule has 1 aromatic carbocycles. The molecule has 1 saturated heterocycles. The van der Waals surface area contributed by atoms with Crippen LogP contribution in [-0.2, 0) is 19.5 Å². The predicted octanol–water partition coefficient (Wildman–Crippen LogP) is 3.34. The van der Waals surface area contributed by atoms with Crippen molar-refractivity contribution in [3.8, 4) is 0 Å². The fourth-order valence-corrected chi connectivity index (χ4v) is 3.73. The van der Waals surface area contributed by atoms with Gasteiger partial charge in [-0.1, -0.05) is 38.0 Å². The number of nitrogens with one attached hydrogen (secondary N) is 1. The first-order chi connectivity index (χ1) is 9.85. The maximum absolute atomic E-state index is 3.48. The third-order valence-corrected chi connectivity index (χ3v) is 4.97. The van der Waals surface area contributed by atoms with Gasteiger partial charge >= 0.3 is 0 Å². The lowest BCUT2D eigenvalue weighted by Gasteiger charge is -2.32. The van der Waals surface area contributed by atoms with Crippen molar-refractivity contribution in [3.63, 3.8) is 0 Å². The summed E-state index contributed by atoms with van der Waals surface area (Å²) in [7, 11) is 0. The first-order valence-electron chi connectivity index (χ1n) is 8.39. The number of piperidine rings is 1. The highest BCUT2D eigenvalue weighted by molar-refractivity contribution is 5.33. The van der Waals surface area contributed by atoms with Gasteiger partial charge < -0.3 is 5.32 Å². The zero-order valence-corrected chi connectivity index (χ0v) is 12.8. The lowest BCUT2D eigenvalue weighted by molar-refractivity contribution is 0.172. The molecule has 0 amide bonds. The number of nitrogens with zero attached hydrogens (tertiary/aromatic N) is 1. The Labute approximate surface area is 123 Å². The van der Waals surface area contributed by atoms with E-state index in [1.165, 1.54) is 56.3 Å². The van der Waals surface area contributed by atoms with E-state index in [1.54, 1.807) is 5.56 Å². The molecule has 1 N–H and O–H groups in total. The van der Waals surface area contributed by atoms with Gasteiger partial charge in [0.2, 0.25) is 0 Å². The lowest BCUT2D eigenvalue weighted by Crippen LogP contribution is -2.33. The predicted molar refractivity (Wildman–Crippen MR) is 84.8 cm³/mol. The van der Waals surface area contributed by atoms with Crippen LogP contribution in [0.2, 0.25) is 0 Å². The van der Waals surface area contributed by atoms with Gasteiger partial charge in [-0.3, -0.25) is 4.90 Å². The summed E-state index contributed by atoms with van der Waals surface area (Å²) in [5.74, 6) is 0.990. The van der Waals surface area contributed by atoms with Gasteiger partial charge in [0, 0.05) is 13.1 Å². The van der Waals surface area contributed by atoms with Crippen LogP contribution < -0.4 is 5.32 Å². The largest absolute Gasteiger partial charge is 0.312 e. The van der Waals surface area contributed by atoms with Gasteiger partial charge in [-0.25, -0.2) is 0 Å². The van der Waals surface area contributed by atoms with Crippen LogP contribution in [0.4, 0.5) is 0 Å². The van der Waals surface area contributed by atoms with Gasteiger partial charge in [0.1, 0.15) is 0 Å². The molecular weight excluding hydrogens is 244 g/mol. The maximum atomic E-state index is 3.48. The molecule has 0 aliphatic carbocycles. The van der Waals surface area contributed by atoms with Crippen molar-refractivity contribution in [1.82, 2.24) is 10.2 Å². The molecule has 2 aliphatic rings. The number of rotatable bonds is 4. The van der Waals surface area contributed by atoms with Crippen molar-refractivity contribution < 1.29 is 0 Å². The molecule has 20 heavy (non-hydrogen) atoms. The zero-order chi connectivity index (χ0) is 13.8. The Hall–Kier alpha value is -0.860. The van der Waals surface area contributed by atoms with Crippen LogP contribution in [0.3, 0.4) is 0 Å². The number of likely N-dealkylation sites (tertiary alicyclic amines) is 1. The standard InChI is InChI=1S/C18H28N2/c1-2-3-15-7-10-20(11-8-15)14-16-4-5-17-6-9-19-13-18(17)12-16/h4-5,12,15,19H,2-3,6-11,13-14H2,1H3. The van der Waals surface area contributed by atoms with Crippen molar-refractivity contribution in [3.05, 3.63) is 34.9 Å². The first-order valence-corrected chi connectivity index (χ1v) is 8.39. The van der Waals surface area contributed by atoms with Crippen molar-refractivity contribution in [2.75, 3.05) is 19.6 Å². The normalized spacial score (nSPS) is 20.9. The van der Waals surface area contributed by atoms with E-state index in [4.69, 9.17) is 0 Å². The van der Waals surface area contributed by atoms with Gasteiger partial charge in [-0.05, 0) is 61.5 Å². The minimum atomic E-state index is 0.990. The molecule has 0 saturated carbocycles. The molecule has 2 heterocycles.